The zero-order valence-electron chi connectivity index (χ0n) is 16.0. The van der Waals surface area contributed by atoms with Gasteiger partial charge in [-0.15, -0.1) is 24.8 Å². The molecule has 2 fully saturated rings. The lowest BCUT2D eigenvalue weighted by Gasteiger charge is -2.43. The van der Waals surface area contributed by atoms with E-state index < -0.39 is 5.60 Å². The molecular weight excluding hydrogens is 371 g/mol. The van der Waals surface area contributed by atoms with Crippen molar-refractivity contribution in [1.29, 1.82) is 0 Å². The first-order chi connectivity index (χ1) is 11.6. The average Bonchev–Trinajstić information content (AvgIpc) is 2.61. The third kappa shape index (κ3) is 5.74. The van der Waals surface area contributed by atoms with E-state index in [-0.39, 0.29) is 30.7 Å². The van der Waals surface area contributed by atoms with E-state index in [1.54, 1.807) is 7.11 Å². The third-order valence-electron chi connectivity index (χ3n) is 5.90. The van der Waals surface area contributed by atoms with Gasteiger partial charge in [-0.25, -0.2) is 0 Å². The molecule has 0 aromatic heterocycles. The van der Waals surface area contributed by atoms with Gasteiger partial charge in [0.25, 0.3) is 0 Å². The van der Waals surface area contributed by atoms with Crippen LogP contribution in [0.1, 0.15) is 43.6 Å². The second-order valence-electron chi connectivity index (χ2n) is 7.60. The first-order valence-corrected chi connectivity index (χ1v) is 9.38. The number of aliphatic hydroxyl groups is 1. The Bertz CT molecular complexity index is 530. The number of methoxy groups -OCH3 is 1. The second-order valence-corrected chi connectivity index (χ2v) is 7.60. The fraction of sp³-hybridized carbons (Fsp3) is 0.700. The van der Waals surface area contributed by atoms with E-state index in [4.69, 9.17) is 4.74 Å². The van der Waals surface area contributed by atoms with Crippen molar-refractivity contribution in [2.24, 2.45) is 0 Å². The lowest BCUT2D eigenvalue weighted by Crippen LogP contribution is -2.50. The minimum Gasteiger partial charge on any atom is -0.497 e. The molecule has 1 aromatic carbocycles. The van der Waals surface area contributed by atoms with Gasteiger partial charge in [-0.1, -0.05) is 31.4 Å². The molecule has 1 unspecified atom stereocenters. The van der Waals surface area contributed by atoms with Gasteiger partial charge in [0.15, 0.2) is 0 Å². The zero-order chi connectivity index (χ0) is 17.0. The lowest BCUT2D eigenvalue weighted by atomic mass is 9.72. The predicted octanol–water partition coefficient (Wildman–Crippen LogP) is 3.57. The minimum absolute atomic E-state index is 0. The topological polar surface area (TPSA) is 35.9 Å². The first-order valence-electron chi connectivity index (χ1n) is 9.38. The maximum absolute atomic E-state index is 11.5. The van der Waals surface area contributed by atoms with Crippen LogP contribution in [0, 0.1) is 0 Å². The molecule has 6 heteroatoms. The lowest BCUT2D eigenvalue weighted by molar-refractivity contribution is -0.0337. The molecule has 4 nitrogen and oxygen atoms in total. The Kier molecular flexibility index (Phi) is 9.70. The number of ether oxygens (including phenoxy) is 1. The highest BCUT2D eigenvalue weighted by molar-refractivity contribution is 5.85. The molecule has 150 valence electrons. The van der Waals surface area contributed by atoms with Crippen LogP contribution < -0.4 is 4.74 Å². The van der Waals surface area contributed by atoms with E-state index >= 15 is 0 Å². The first kappa shape index (κ1) is 23.5. The molecule has 2 aliphatic rings. The maximum atomic E-state index is 11.5. The number of piperazine rings is 1. The van der Waals surface area contributed by atoms with Gasteiger partial charge in [-0.3, -0.25) is 0 Å². The number of benzene rings is 1. The summed E-state index contributed by atoms with van der Waals surface area (Å²) in [6, 6.07) is 8.32. The van der Waals surface area contributed by atoms with Crippen LogP contribution >= 0.6 is 24.8 Å². The van der Waals surface area contributed by atoms with Gasteiger partial charge >= 0.3 is 0 Å². The van der Waals surface area contributed by atoms with Crippen LogP contribution in [0.2, 0.25) is 0 Å². The van der Waals surface area contributed by atoms with Crippen LogP contribution in [0.25, 0.3) is 0 Å². The smallest absolute Gasteiger partial charge is 0.119 e. The Morgan fingerprint density at radius 2 is 1.73 bits per heavy atom. The van der Waals surface area contributed by atoms with Gasteiger partial charge in [0.2, 0.25) is 0 Å². The van der Waals surface area contributed by atoms with Crippen LogP contribution in [0.4, 0.5) is 0 Å². The van der Waals surface area contributed by atoms with Gasteiger partial charge in [0.1, 0.15) is 5.75 Å². The van der Waals surface area contributed by atoms with E-state index in [0.29, 0.717) is 0 Å². The van der Waals surface area contributed by atoms with E-state index in [9.17, 15) is 5.11 Å². The molecule has 0 spiro atoms. The normalized spacial score (nSPS) is 22.0. The number of hydrogen-bond acceptors (Lipinski definition) is 4. The molecule has 3 rings (SSSR count). The van der Waals surface area contributed by atoms with E-state index in [1.165, 1.54) is 12.0 Å². The number of nitrogens with zero attached hydrogens (tertiary/aromatic N) is 2. The average molecular weight is 405 g/mol. The molecule has 1 aliphatic carbocycles. The standard InChI is InChI=1S/C20H32N2O2.2ClH/c1-21-11-13-22(14-12-21)16-19(20(23)9-4-3-5-10-20)17-7-6-8-18(15-17)24-2;;/h6-8,15,19,23H,3-5,9-14,16H2,1-2H3;2*1H. The molecule has 0 radical (unpaired) electrons. The van der Waals surface area contributed by atoms with Crippen molar-refractivity contribution >= 4 is 24.8 Å². The van der Waals surface area contributed by atoms with Crippen molar-refractivity contribution in [1.82, 2.24) is 9.80 Å². The molecular formula is C20H34Cl2N2O2. The van der Waals surface area contributed by atoms with Gasteiger partial charge in [0, 0.05) is 38.6 Å². The molecule has 1 saturated carbocycles. The fourth-order valence-corrected chi connectivity index (χ4v) is 4.24. The summed E-state index contributed by atoms with van der Waals surface area (Å²) in [4.78, 5) is 4.91. The minimum atomic E-state index is -0.575. The molecule has 1 N–H and O–H groups in total. The molecule has 1 saturated heterocycles. The van der Waals surface area contributed by atoms with Crippen molar-refractivity contribution in [2.45, 2.75) is 43.6 Å². The number of likely N-dealkylation sites (N-methyl/N-ethyl adjacent to an activating group) is 1. The quantitative estimate of drug-likeness (QED) is 0.813. The Morgan fingerprint density at radius 1 is 1.08 bits per heavy atom. The van der Waals surface area contributed by atoms with Crippen LogP contribution in [-0.2, 0) is 0 Å². The Morgan fingerprint density at radius 3 is 2.35 bits per heavy atom. The zero-order valence-corrected chi connectivity index (χ0v) is 17.7. The summed E-state index contributed by atoms with van der Waals surface area (Å²) in [5.74, 6) is 1.05. The van der Waals surface area contributed by atoms with Crippen LogP contribution in [0.15, 0.2) is 24.3 Å². The van der Waals surface area contributed by atoms with Crippen molar-refractivity contribution in [2.75, 3.05) is 46.9 Å². The fourth-order valence-electron chi connectivity index (χ4n) is 4.24. The van der Waals surface area contributed by atoms with Gasteiger partial charge < -0.3 is 19.6 Å². The largest absolute Gasteiger partial charge is 0.497 e. The maximum Gasteiger partial charge on any atom is 0.119 e. The van der Waals surface area contributed by atoms with Crippen molar-refractivity contribution in [3.05, 3.63) is 29.8 Å². The Labute approximate surface area is 170 Å². The van der Waals surface area contributed by atoms with Gasteiger partial charge in [-0.2, -0.15) is 0 Å². The number of hydrogen-bond donors (Lipinski definition) is 1. The molecule has 0 amide bonds. The van der Waals surface area contributed by atoms with Gasteiger partial charge in [0.05, 0.1) is 12.7 Å². The highest BCUT2D eigenvalue weighted by Crippen LogP contribution is 2.41. The van der Waals surface area contributed by atoms with Crippen molar-refractivity contribution < 1.29 is 9.84 Å². The van der Waals surface area contributed by atoms with E-state index in [2.05, 4.69) is 35.0 Å². The number of rotatable bonds is 5. The monoisotopic (exact) mass is 404 g/mol. The second kappa shape index (κ2) is 10.7. The third-order valence-corrected chi connectivity index (χ3v) is 5.90. The van der Waals surface area contributed by atoms with E-state index in [1.807, 2.05) is 6.07 Å². The molecule has 1 heterocycles. The highest BCUT2D eigenvalue weighted by Gasteiger charge is 2.39. The van der Waals surface area contributed by atoms with Crippen molar-refractivity contribution in [3.8, 4) is 5.75 Å². The van der Waals surface area contributed by atoms with E-state index in [0.717, 1.165) is 64.2 Å². The van der Waals surface area contributed by atoms with Crippen LogP contribution in [0.3, 0.4) is 0 Å². The van der Waals surface area contributed by atoms with Gasteiger partial charge in [-0.05, 0) is 37.6 Å². The summed E-state index contributed by atoms with van der Waals surface area (Å²) in [6.07, 6.45) is 5.37. The summed E-state index contributed by atoms with van der Waals surface area (Å²) >= 11 is 0. The van der Waals surface area contributed by atoms with Crippen LogP contribution in [0.5, 0.6) is 5.75 Å². The Balaban J connectivity index is 0.00000169. The van der Waals surface area contributed by atoms with Crippen LogP contribution in [-0.4, -0.2) is 67.4 Å². The van der Waals surface area contributed by atoms with Crippen molar-refractivity contribution in [3.63, 3.8) is 0 Å². The number of halogens is 2. The predicted molar refractivity (Wildman–Crippen MR) is 112 cm³/mol. The molecule has 0 bridgehead atoms. The summed E-state index contributed by atoms with van der Waals surface area (Å²) in [5.41, 5.74) is 0.645. The molecule has 1 aliphatic heterocycles. The SMILES string of the molecule is COc1cccc(C(CN2CCN(C)CC2)C2(O)CCCCC2)c1.Cl.Cl. The summed E-state index contributed by atoms with van der Waals surface area (Å²) in [6.45, 7) is 5.35. The Hall–Kier alpha value is -0.520. The molecule has 1 aromatic rings. The highest BCUT2D eigenvalue weighted by atomic mass is 35.5. The summed E-state index contributed by atoms with van der Waals surface area (Å²) in [7, 11) is 3.90. The molecule has 1 atom stereocenters. The molecule has 26 heavy (non-hydrogen) atoms. The summed E-state index contributed by atoms with van der Waals surface area (Å²) < 4.78 is 5.43. The summed E-state index contributed by atoms with van der Waals surface area (Å²) in [5, 5.41) is 11.5.